The lowest BCUT2D eigenvalue weighted by atomic mass is 10.1. The number of rotatable bonds is 4. The van der Waals surface area contributed by atoms with Gasteiger partial charge in [0.1, 0.15) is 5.57 Å². The fourth-order valence-corrected chi connectivity index (χ4v) is 2.54. The van der Waals surface area contributed by atoms with Crippen molar-refractivity contribution in [2.75, 3.05) is 23.9 Å². The van der Waals surface area contributed by atoms with E-state index in [0.29, 0.717) is 5.69 Å². The Morgan fingerprint density at radius 3 is 2.44 bits per heavy atom. The van der Waals surface area contributed by atoms with Crippen LogP contribution in [0.2, 0.25) is 0 Å². The number of allylic oxidation sites excluding steroid dienone is 2. The van der Waals surface area contributed by atoms with Crippen LogP contribution >= 0.6 is 0 Å². The van der Waals surface area contributed by atoms with Crippen molar-refractivity contribution in [3.05, 3.63) is 72.1 Å². The van der Waals surface area contributed by atoms with Crippen LogP contribution in [0.1, 0.15) is 5.56 Å². The Morgan fingerprint density at radius 1 is 1.07 bits per heavy atom. The number of amides is 4. The SMILES string of the molecule is CN(C)c1ccc(/C=C/C=C2\C(=O)NC(=O)N(c3cccnc3)C2=O)cc1. The van der Waals surface area contributed by atoms with Crippen LogP contribution in [0.4, 0.5) is 16.2 Å². The smallest absolute Gasteiger partial charge is 0.336 e. The third-order valence-electron chi connectivity index (χ3n) is 3.97. The van der Waals surface area contributed by atoms with Gasteiger partial charge >= 0.3 is 6.03 Å². The van der Waals surface area contributed by atoms with Crippen molar-refractivity contribution in [2.24, 2.45) is 0 Å². The molecule has 0 bridgehead atoms. The molecule has 1 aromatic carbocycles. The number of pyridine rings is 1. The van der Waals surface area contributed by atoms with Gasteiger partial charge in [-0.15, -0.1) is 0 Å². The summed E-state index contributed by atoms with van der Waals surface area (Å²) in [5.41, 5.74) is 2.15. The maximum Gasteiger partial charge on any atom is 0.336 e. The lowest BCUT2D eigenvalue weighted by molar-refractivity contribution is -0.122. The van der Waals surface area contributed by atoms with Crippen molar-refractivity contribution in [2.45, 2.75) is 0 Å². The van der Waals surface area contributed by atoms with E-state index in [1.54, 1.807) is 24.3 Å². The summed E-state index contributed by atoms with van der Waals surface area (Å²) in [6, 6.07) is 10.2. The summed E-state index contributed by atoms with van der Waals surface area (Å²) in [5.74, 6) is -1.41. The molecule has 0 aliphatic carbocycles. The number of urea groups is 1. The maximum absolute atomic E-state index is 12.6. The normalized spacial score (nSPS) is 16.1. The standard InChI is InChI=1S/C20H18N4O3/c1-23(2)15-10-8-14(9-11-15)5-3-7-17-18(25)22-20(27)24(19(17)26)16-6-4-12-21-13-16/h3-13H,1-2H3,(H,22,25,27)/b5-3+,17-7+. The minimum atomic E-state index is -0.793. The number of benzene rings is 1. The zero-order valence-electron chi connectivity index (χ0n) is 14.9. The summed E-state index contributed by atoms with van der Waals surface area (Å²) < 4.78 is 0. The number of imide groups is 2. The van der Waals surface area contributed by atoms with Gasteiger partial charge in [0.25, 0.3) is 11.8 Å². The van der Waals surface area contributed by atoms with Crippen LogP contribution in [0.15, 0.2) is 66.5 Å². The highest BCUT2D eigenvalue weighted by molar-refractivity contribution is 6.37. The molecule has 3 rings (SSSR count). The topological polar surface area (TPSA) is 82.6 Å². The zero-order valence-corrected chi connectivity index (χ0v) is 14.9. The van der Waals surface area contributed by atoms with Gasteiger partial charge < -0.3 is 4.90 Å². The van der Waals surface area contributed by atoms with E-state index < -0.39 is 17.8 Å². The molecular formula is C20H18N4O3. The molecule has 1 fully saturated rings. The Labute approximate surface area is 156 Å². The van der Waals surface area contributed by atoms with Crippen LogP contribution in [0.25, 0.3) is 6.08 Å². The lowest BCUT2D eigenvalue weighted by Crippen LogP contribution is -2.54. The number of nitrogens with one attached hydrogen (secondary N) is 1. The molecular weight excluding hydrogens is 344 g/mol. The van der Waals surface area contributed by atoms with E-state index in [2.05, 4.69) is 10.3 Å². The lowest BCUT2D eigenvalue weighted by Gasteiger charge is -2.25. The number of barbiturate groups is 1. The van der Waals surface area contributed by atoms with Gasteiger partial charge in [-0.05, 0) is 35.9 Å². The van der Waals surface area contributed by atoms with Crippen molar-refractivity contribution in [1.29, 1.82) is 0 Å². The number of hydrogen-bond acceptors (Lipinski definition) is 5. The number of nitrogens with zero attached hydrogens (tertiary/aromatic N) is 3. The monoisotopic (exact) mass is 362 g/mol. The minimum absolute atomic E-state index is 0.125. The summed E-state index contributed by atoms with van der Waals surface area (Å²) in [5, 5.41) is 2.17. The van der Waals surface area contributed by atoms with E-state index in [1.165, 1.54) is 18.5 Å². The van der Waals surface area contributed by atoms with Crippen molar-refractivity contribution in [1.82, 2.24) is 10.3 Å². The molecule has 0 radical (unpaired) electrons. The highest BCUT2D eigenvalue weighted by atomic mass is 16.2. The van der Waals surface area contributed by atoms with Crippen molar-refractivity contribution in [3.8, 4) is 0 Å². The second-order valence-electron chi connectivity index (χ2n) is 6.04. The first-order valence-electron chi connectivity index (χ1n) is 8.23. The first-order chi connectivity index (χ1) is 13.0. The molecule has 1 aliphatic rings. The van der Waals surface area contributed by atoms with E-state index in [-0.39, 0.29) is 5.57 Å². The molecule has 136 valence electrons. The molecule has 27 heavy (non-hydrogen) atoms. The van der Waals surface area contributed by atoms with Gasteiger partial charge in [0.15, 0.2) is 0 Å². The van der Waals surface area contributed by atoms with E-state index in [0.717, 1.165) is 16.2 Å². The van der Waals surface area contributed by atoms with Crippen LogP contribution in [0.5, 0.6) is 0 Å². The molecule has 1 saturated heterocycles. The Bertz CT molecular complexity index is 931. The van der Waals surface area contributed by atoms with Crippen LogP contribution in [0, 0.1) is 0 Å². The Hall–Kier alpha value is -3.74. The average molecular weight is 362 g/mol. The van der Waals surface area contributed by atoms with Gasteiger partial charge in [-0.2, -0.15) is 0 Å². The van der Waals surface area contributed by atoms with E-state index in [4.69, 9.17) is 0 Å². The van der Waals surface area contributed by atoms with Crippen LogP contribution in [-0.4, -0.2) is 36.9 Å². The summed E-state index contributed by atoms with van der Waals surface area (Å²) >= 11 is 0. The zero-order chi connectivity index (χ0) is 19.4. The Balaban J connectivity index is 1.82. The first-order valence-corrected chi connectivity index (χ1v) is 8.23. The third kappa shape index (κ3) is 3.92. The molecule has 1 N–H and O–H groups in total. The van der Waals surface area contributed by atoms with Gasteiger partial charge in [-0.3, -0.25) is 19.9 Å². The number of carbonyl (C=O) groups excluding carboxylic acids is 3. The van der Waals surface area contributed by atoms with E-state index in [1.807, 2.05) is 43.3 Å². The second kappa shape index (κ2) is 7.65. The Kier molecular flexibility index (Phi) is 5.12. The number of carbonyl (C=O) groups is 3. The predicted molar refractivity (Wildman–Crippen MR) is 103 cm³/mol. The molecule has 2 heterocycles. The molecule has 7 nitrogen and oxygen atoms in total. The largest absolute Gasteiger partial charge is 0.378 e. The maximum atomic E-state index is 12.6. The highest BCUT2D eigenvalue weighted by Crippen LogP contribution is 2.19. The number of anilines is 2. The van der Waals surface area contributed by atoms with Gasteiger partial charge in [-0.1, -0.05) is 24.3 Å². The fraction of sp³-hybridized carbons (Fsp3) is 0.100. The molecule has 0 saturated carbocycles. The summed E-state index contributed by atoms with van der Waals surface area (Å²) in [6.07, 6.45) is 7.69. The molecule has 0 atom stereocenters. The molecule has 1 aliphatic heterocycles. The summed E-state index contributed by atoms with van der Waals surface area (Å²) in [4.78, 5) is 43.5. The van der Waals surface area contributed by atoms with Gasteiger partial charge in [0.2, 0.25) is 0 Å². The van der Waals surface area contributed by atoms with Crippen LogP contribution in [0.3, 0.4) is 0 Å². The molecule has 1 aromatic heterocycles. The third-order valence-corrected chi connectivity index (χ3v) is 3.97. The molecule has 0 spiro atoms. The highest BCUT2D eigenvalue weighted by Gasteiger charge is 2.36. The molecule has 7 heteroatoms. The quantitative estimate of drug-likeness (QED) is 0.667. The number of hydrogen-bond donors (Lipinski definition) is 1. The van der Waals surface area contributed by atoms with Crippen molar-refractivity contribution >= 4 is 35.3 Å². The Morgan fingerprint density at radius 2 is 1.81 bits per heavy atom. The summed E-state index contributed by atoms with van der Waals surface area (Å²) in [6.45, 7) is 0. The first kappa shape index (κ1) is 18.1. The van der Waals surface area contributed by atoms with Crippen molar-refractivity contribution < 1.29 is 14.4 Å². The minimum Gasteiger partial charge on any atom is -0.378 e. The molecule has 4 amide bonds. The van der Waals surface area contributed by atoms with Gasteiger partial charge in [0.05, 0.1) is 11.9 Å². The van der Waals surface area contributed by atoms with Gasteiger partial charge in [-0.25, -0.2) is 9.69 Å². The molecule has 2 aromatic rings. The second-order valence-corrected chi connectivity index (χ2v) is 6.04. The molecule has 0 unspecified atom stereocenters. The summed E-state index contributed by atoms with van der Waals surface area (Å²) in [7, 11) is 3.91. The fourth-order valence-electron chi connectivity index (χ4n) is 2.54. The van der Waals surface area contributed by atoms with Gasteiger partial charge in [0, 0.05) is 26.0 Å². The van der Waals surface area contributed by atoms with Crippen molar-refractivity contribution in [3.63, 3.8) is 0 Å². The van der Waals surface area contributed by atoms with Crippen LogP contribution in [-0.2, 0) is 9.59 Å². The average Bonchev–Trinajstić information content (AvgIpc) is 2.65. The van der Waals surface area contributed by atoms with E-state index >= 15 is 0 Å². The van der Waals surface area contributed by atoms with Crippen LogP contribution < -0.4 is 15.1 Å². The predicted octanol–water partition coefficient (Wildman–Crippen LogP) is 2.37. The van der Waals surface area contributed by atoms with E-state index in [9.17, 15) is 14.4 Å². The number of aromatic nitrogens is 1.